The summed E-state index contributed by atoms with van der Waals surface area (Å²) < 4.78 is 12.1. The van der Waals surface area contributed by atoms with E-state index in [1.807, 2.05) is 13.1 Å². The normalized spacial score (nSPS) is 10.2. The Hall–Kier alpha value is -0.600. The Morgan fingerprint density at radius 3 is 2.75 bits per heavy atom. The topological polar surface area (TPSA) is 12.0 Å². The standard InChI is InChI=1S/C9H11ClFN/c1-12-6-8-3-2-7(5-11)4-9(8)10/h2-4,12H,5-6H2,1H3. The van der Waals surface area contributed by atoms with Gasteiger partial charge in [0.15, 0.2) is 0 Å². The molecule has 1 aromatic rings. The number of hydrogen-bond donors (Lipinski definition) is 1. The van der Waals surface area contributed by atoms with E-state index in [0.717, 1.165) is 5.56 Å². The van der Waals surface area contributed by atoms with Gasteiger partial charge in [0.05, 0.1) is 0 Å². The average Bonchev–Trinajstić information content (AvgIpc) is 2.09. The molecule has 66 valence electrons. The third-order valence-corrected chi connectivity index (χ3v) is 1.99. The Morgan fingerprint density at radius 2 is 2.25 bits per heavy atom. The zero-order valence-corrected chi connectivity index (χ0v) is 7.66. The van der Waals surface area contributed by atoms with E-state index in [1.165, 1.54) is 0 Å². The molecule has 0 amide bonds. The number of rotatable bonds is 3. The number of benzene rings is 1. The van der Waals surface area contributed by atoms with Gasteiger partial charge < -0.3 is 5.32 Å². The summed E-state index contributed by atoms with van der Waals surface area (Å²) in [6.45, 7) is 0.255. The van der Waals surface area contributed by atoms with Gasteiger partial charge >= 0.3 is 0 Å². The minimum atomic E-state index is -0.459. The molecule has 1 aromatic carbocycles. The van der Waals surface area contributed by atoms with Crippen molar-refractivity contribution in [3.8, 4) is 0 Å². The van der Waals surface area contributed by atoms with Gasteiger partial charge in [0.2, 0.25) is 0 Å². The van der Waals surface area contributed by atoms with Gasteiger partial charge in [0.25, 0.3) is 0 Å². The van der Waals surface area contributed by atoms with E-state index in [2.05, 4.69) is 5.32 Å². The maximum Gasteiger partial charge on any atom is 0.115 e. The molecule has 0 aliphatic rings. The van der Waals surface area contributed by atoms with E-state index in [1.54, 1.807) is 12.1 Å². The molecular weight excluding hydrogens is 177 g/mol. The molecule has 0 unspecified atom stereocenters. The zero-order valence-electron chi connectivity index (χ0n) is 6.90. The fourth-order valence-corrected chi connectivity index (χ4v) is 1.28. The van der Waals surface area contributed by atoms with Crippen LogP contribution in [0.15, 0.2) is 18.2 Å². The second-order valence-electron chi connectivity index (χ2n) is 2.59. The molecule has 0 saturated heterocycles. The van der Waals surface area contributed by atoms with Crippen LogP contribution in [0.2, 0.25) is 5.02 Å². The molecule has 0 radical (unpaired) electrons. The van der Waals surface area contributed by atoms with E-state index >= 15 is 0 Å². The van der Waals surface area contributed by atoms with Gasteiger partial charge in [-0.25, -0.2) is 4.39 Å². The summed E-state index contributed by atoms with van der Waals surface area (Å²) in [7, 11) is 1.85. The van der Waals surface area contributed by atoms with E-state index in [-0.39, 0.29) is 0 Å². The van der Waals surface area contributed by atoms with Crippen LogP contribution in [0.5, 0.6) is 0 Å². The van der Waals surface area contributed by atoms with Gasteiger partial charge in [-0.2, -0.15) is 0 Å². The molecule has 0 aromatic heterocycles. The van der Waals surface area contributed by atoms with Crippen molar-refractivity contribution in [2.45, 2.75) is 13.2 Å². The minimum absolute atomic E-state index is 0.459. The largest absolute Gasteiger partial charge is 0.316 e. The minimum Gasteiger partial charge on any atom is -0.316 e. The first kappa shape index (κ1) is 9.49. The van der Waals surface area contributed by atoms with Crippen molar-refractivity contribution in [1.82, 2.24) is 5.32 Å². The third kappa shape index (κ3) is 2.19. The number of alkyl halides is 1. The molecule has 0 spiro atoms. The first-order chi connectivity index (χ1) is 5.77. The van der Waals surface area contributed by atoms with Crippen LogP contribution in [0.25, 0.3) is 0 Å². The first-order valence-corrected chi connectivity index (χ1v) is 4.13. The van der Waals surface area contributed by atoms with E-state index in [4.69, 9.17) is 11.6 Å². The molecule has 1 rings (SSSR count). The SMILES string of the molecule is CNCc1ccc(CF)cc1Cl. The number of nitrogens with one attached hydrogen (secondary N) is 1. The summed E-state index contributed by atoms with van der Waals surface area (Å²) in [6, 6.07) is 5.25. The predicted molar refractivity (Wildman–Crippen MR) is 49.0 cm³/mol. The highest BCUT2D eigenvalue weighted by Crippen LogP contribution is 2.18. The van der Waals surface area contributed by atoms with E-state index in [9.17, 15) is 4.39 Å². The lowest BCUT2D eigenvalue weighted by molar-refractivity contribution is 0.485. The quantitative estimate of drug-likeness (QED) is 0.767. The van der Waals surface area contributed by atoms with Crippen molar-refractivity contribution < 1.29 is 4.39 Å². The molecule has 0 heterocycles. The maximum atomic E-state index is 12.1. The first-order valence-electron chi connectivity index (χ1n) is 3.75. The van der Waals surface area contributed by atoms with Crippen LogP contribution in [-0.2, 0) is 13.2 Å². The number of halogens is 2. The van der Waals surface area contributed by atoms with Crippen LogP contribution in [-0.4, -0.2) is 7.05 Å². The van der Waals surface area contributed by atoms with Crippen LogP contribution in [0.4, 0.5) is 4.39 Å². The Balaban J connectivity index is 2.87. The summed E-state index contributed by atoms with van der Waals surface area (Å²) in [4.78, 5) is 0. The lowest BCUT2D eigenvalue weighted by Gasteiger charge is -2.03. The van der Waals surface area contributed by atoms with Crippen LogP contribution in [0.1, 0.15) is 11.1 Å². The fraction of sp³-hybridized carbons (Fsp3) is 0.333. The van der Waals surface area contributed by atoms with E-state index in [0.29, 0.717) is 17.1 Å². The molecule has 1 N–H and O–H groups in total. The Bertz CT molecular complexity index is 263. The number of hydrogen-bond acceptors (Lipinski definition) is 1. The molecule has 12 heavy (non-hydrogen) atoms. The Labute approximate surface area is 76.5 Å². The highest BCUT2D eigenvalue weighted by Gasteiger charge is 1.99. The van der Waals surface area contributed by atoms with Crippen LogP contribution in [0.3, 0.4) is 0 Å². The van der Waals surface area contributed by atoms with Gasteiger partial charge in [-0.15, -0.1) is 0 Å². The zero-order chi connectivity index (χ0) is 8.97. The van der Waals surface area contributed by atoms with Gasteiger partial charge in [-0.05, 0) is 24.2 Å². The van der Waals surface area contributed by atoms with Crippen LogP contribution >= 0.6 is 11.6 Å². The molecule has 0 saturated carbocycles. The molecule has 1 nitrogen and oxygen atoms in total. The highest BCUT2D eigenvalue weighted by atomic mass is 35.5. The van der Waals surface area contributed by atoms with Crippen molar-refractivity contribution in [2.24, 2.45) is 0 Å². The molecule has 3 heteroatoms. The van der Waals surface area contributed by atoms with Crippen LogP contribution < -0.4 is 5.32 Å². The maximum absolute atomic E-state index is 12.1. The van der Waals surface area contributed by atoms with Crippen molar-refractivity contribution in [3.05, 3.63) is 34.3 Å². The predicted octanol–water partition coefficient (Wildman–Crippen LogP) is 2.53. The van der Waals surface area contributed by atoms with Crippen molar-refractivity contribution in [1.29, 1.82) is 0 Å². The van der Waals surface area contributed by atoms with Crippen LogP contribution in [0, 0.1) is 0 Å². The van der Waals surface area contributed by atoms with Gasteiger partial charge in [0.1, 0.15) is 6.67 Å². The molecule has 0 aliphatic heterocycles. The third-order valence-electron chi connectivity index (χ3n) is 1.64. The lowest BCUT2D eigenvalue weighted by Crippen LogP contribution is -2.05. The summed E-state index contributed by atoms with van der Waals surface area (Å²) in [5.41, 5.74) is 1.62. The monoisotopic (exact) mass is 187 g/mol. The van der Waals surface area contributed by atoms with Gasteiger partial charge in [-0.3, -0.25) is 0 Å². The summed E-state index contributed by atoms with van der Waals surface area (Å²) >= 11 is 5.88. The second kappa shape index (κ2) is 4.43. The van der Waals surface area contributed by atoms with Crippen molar-refractivity contribution in [2.75, 3.05) is 7.05 Å². The fourth-order valence-electron chi connectivity index (χ4n) is 1.01. The average molecular weight is 188 g/mol. The Morgan fingerprint density at radius 1 is 1.50 bits per heavy atom. The highest BCUT2D eigenvalue weighted by molar-refractivity contribution is 6.31. The lowest BCUT2D eigenvalue weighted by atomic mass is 10.1. The van der Waals surface area contributed by atoms with Crippen molar-refractivity contribution in [3.63, 3.8) is 0 Å². The van der Waals surface area contributed by atoms with Gasteiger partial charge in [0, 0.05) is 11.6 Å². The molecule has 0 atom stereocenters. The molecule has 0 aliphatic carbocycles. The Kier molecular flexibility index (Phi) is 3.50. The second-order valence-corrected chi connectivity index (χ2v) is 3.00. The molecular formula is C9H11ClFN. The molecule has 0 bridgehead atoms. The van der Waals surface area contributed by atoms with Gasteiger partial charge in [-0.1, -0.05) is 23.7 Å². The smallest absolute Gasteiger partial charge is 0.115 e. The van der Waals surface area contributed by atoms with E-state index < -0.39 is 6.67 Å². The van der Waals surface area contributed by atoms with Crippen molar-refractivity contribution >= 4 is 11.6 Å². The summed E-state index contributed by atoms with van der Waals surface area (Å²) in [5.74, 6) is 0. The summed E-state index contributed by atoms with van der Waals surface area (Å²) in [5, 5.41) is 3.61. The summed E-state index contributed by atoms with van der Waals surface area (Å²) in [6.07, 6.45) is 0. The molecule has 0 fully saturated rings.